The fourth-order valence-electron chi connectivity index (χ4n) is 1.46. The Morgan fingerprint density at radius 2 is 2.17 bits per heavy atom. The summed E-state index contributed by atoms with van der Waals surface area (Å²) in [5, 5.41) is 2.93. The summed E-state index contributed by atoms with van der Waals surface area (Å²) >= 11 is 0. The van der Waals surface area contributed by atoms with E-state index in [0.29, 0.717) is 12.6 Å². The van der Waals surface area contributed by atoms with E-state index in [9.17, 15) is 4.39 Å². The fourth-order valence-corrected chi connectivity index (χ4v) is 1.46. The van der Waals surface area contributed by atoms with Crippen LogP contribution < -0.4 is 11.1 Å². The number of nitrogens with zero attached hydrogens (tertiary/aromatic N) is 3. The minimum absolute atomic E-state index is 0.0819. The van der Waals surface area contributed by atoms with E-state index in [0.717, 1.165) is 25.6 Å². The van der Waals surface area contributed by atoms with Crippen molar-refractivity contribution in [2.75, 3.05) is 31.2 Å². The monoisotopic (exact) mass is 255 g/mol. The molecule has 1 aromatic rings. The number of nitrogens with two attached hydrogens (primary N) is 1. The molecule has 0 aliphatic carbocycles. The molecular weight excluding hydrogens is 233 g/mol. The molecule has 5 nitrogen and oxygen atoms in total. The fraction of sp³-hybridized carbons (Fsp3) is 0.667. The minimum atomic E-state index is -0.469. The number of hydrogen-bond donors (Lipinski definition) is 2. The molecule has 0 aliphatic heterocycles. The number of rotatable bonds is 7. The van der Waals surface area contributed by atoms with Gasteiger partial charge in [0.05, 0.1) is 6.20 Å². The van der Waals surface area contributed by atoms with Crippen LogP contribution in [-0.2, 0) is 0 Å². The molecule has 0 aromatic carbocycles. The maximum atomic E-state index is 13.3. The first-order chi connectivity index (χ1) is 8.50. The van der Waals surface area contributed by atoms with E-state index >= 15 is 0 Å². The predicted molar refractivity (Wildman–Crippen MR) is 71.9 cm³/mol. The van der Waals surface area contributed by atoms with Gasteiger partial charge in [-0.25, -0.2) is 9.37 Å². The molecule has 0 saturated carbocycles. The van der Waals surface area contributed by atoms with Crippen LogP contribution in [0.4, 0.5) is 16.2 Å². The molecule has 0 bridgehead atoms. The normalized spacial score (nSPS) is 11.2. The van der Waals surface area contributed by atoms with Crippen molar-refractivity contribution in [3.63, 3.8) is 0 Å². The molecule has 102 valence electrons. The second kappa shape index (κ2) is 7.10. The van der Waals surface area contributed by atoms with Gasteiger partial charge in [0.2, 0.25) is 5.95 Å². The first kappa shape index (κ1) is 14.6. The Morgan fingerprint density at radius 1 is 1.44 bits per heavy atom. The third-order valence-electron chi connectivity index (χ3n) is 2.87. The van der Waals surface area contributed by atoms with Crippen molar-refractivity contribution >= 4 is 11.8 Å². The molecule has 0 saturated heterocycles. The number of aromatic nitrogens is 2. The molecule has 0 amide bonds. The first-order valence-corrected chi connectivity index (χ1v) is 6.23. The lowest BCUT2D eigenvalue weighted by molar-refractivity contribution is 0.269. The summed E-state index contributed by atoms with van der Waals surface area (Å²) in [4.78, 5) is 9.66. The molecule has 1 rings (SSSR count). The second-order valence-corrected chi connectivity index (χ2v) is 4.63. The molecule has 1 aromatic heterocycles. The zero-order valence-electron chi connectivity index (χ0n) is 11.3. The molecule has 1 heterocycles. The molecule has 0 fully saturated rings. The Hall–Kier alpha value is -1.43. The average molecular weight is 255 g/mol. The van der Waals surface area contributed by atoms with Gasteiger partial charge in [-0.05, 0) is 40.3 Å². The van der Waals surface area contributed by atoms with Crippen molar-refractivity contribution in [1.29, 1.82) is 0 Å². The van der Waals surface area contributed by atoms with Crippen LogP contribution in [0.2, 0.25) is 0 Å². The third kappa shape index (κ3) is 4.83. The van der Waals surface area contributed by atoms with Gasteiger partial charge in [0.15, 0.2) is 11.6 Å². The number of hydrogen-bond acceptors (Lipinski definition) is 5. The number of nitrogen functional groups attached to an aromatic ring is 1. The molecule has 18 heavy (non-hydrogen) atoms. The van der Waals surface area contributed by atoms with Gasteiger partial charge in [-0.1, -0.05) is 0 Å². The Kier molecular flexibility index (Phi) is 5.77. The maximum Gasteiger partial charge on any atom is 0.222 e. The highest BCUT2D eigenvalue weighted by Crippen LogP contribution is 2.10. The zero-order valence-corrected chi connectivity index (χ0v) is 11.3. The van der Waals surface area contributed by atoms with Gasteiger partial charge in [-0.15, -0.1) is 0 Å². The van der Waals surface area contributed by atoms with Crippen molar-refractivity contribution in [3.05, 3.63) is 12.0 Å². The van der Waals surface area contributed by atoms with Gasteiger partial charge in [0.1, 0.15) is 0 Å². The van der Waals surface area contributed by atoms with Crippen molar-refractivity contribution in [2.24, 2.45) is 0 Å². The van der Waals surface area contributed by atoms with E-state index in [4.69, 9.17) is 5.73 Å². The lowest BCUT2D eigenvalue weighted by atomic mass is 10.2. The Bertz CT molecular complexity index is 369. The van der Waals surface area contributed by atoms with E-state index < -0.39 is 5.82 Å². The summed E-state index contributed by atoms with van der Waals surface area (Å²) in [6, 6.07) is 0.553. The first-order valence-electron chi connectivity index (χ1n) is 6.23. The standard InChI is InChI=1S/C12H22FN5/c1-9(2)18(3)7-5-4-6-15-11-10(13)8-16-12(14)17-11/h8-9H,4-7H2,1-3H3,(H3,14,15,16,17). The third-order valence-corrected chi connectivity index (χ3v) is 2.87. The molecule has 0 atom stereocenters. The van der Waals surface area contributed by atoms with Crippen molar-refractivity contribution in [2.45, 2.75) is 32.7 Å². The van der Waals surface area contributed by atoms with Crippen LogP contribution in [0.15, 0.2) is 6.20 Å². The zero-order chi connectivity index (χ0) is 13.5. The van der Waals surface area contributed by atoms with Crippen LogP contribution in [0.1, 0.15) is 26.7 Å². The van der Waals surface area contributed by atoms with Gasteiger partial charge in [0, 0.05) is 12.6 Å². The lowest BCUT2D eigenvalue weighted by Gasteiger charge is -2.20. The quantitative estimate of drug-likeness (QED) is 0.726. The SMILES string of the molecule is CC(C)N(C)CCCCNc1nc(N)ncc1F. The van der Waals surface area contributed by atoms with Crippen LogP contribution in [-0.4, -0.2) is 41.0 Å². The molecule has 0 radical (unpaired) electrons. The van der Waals surface area contributed by atoms with E-state index in [1.165, 1.54) is 0 Å². The van der Waals surface area contributed by atoms with Gasteiger partial charge in [-0.2, -0.15) is 4.98 Å². The number of halogens is 1. The number of unbranched alkanes of at least 4 members (excludes halogenated alkanes) is 1. The lowest BCUT2D eigenvalue weighted by Crippen LogP contribution is -2.27. The van der Waals surface area contributed by atoms with Gasteiger partial charge < -0.3 is 16.0 Å². The second-order valence-electron chi connectivity index (χ2n) is 4.63. The predicted octanol–water partition coefficient (Wildman–Crippen LogP) is 1.73. The number of nitrogens with one attached hydrogen (secondary N) is 1. The Labute approximate surface area is 108 Å². The summed E-state index contributed by atoms with van der Waals surface area (Å²) in [6.07, 6.45) is 3.10. The highest BCUT2D eigenvalue weighted by molar-refractivity contribution is 5.38. The van der Waals surface area contributed by atoms with Crippen LogP contribution in [0, 0.1) is 5.82 Å². The van der Waals surface area contributed by atoms with Gasteiger partial charge >= 0.3 is 0 Å². The minimum Gasteiger partial charge on any atom is -0.368 e. The van der Waals surface area contributed by atoms with Crippen molar-refractivity contribution in [1.82, 2.24) is 14.9 Å². The van der Waals surface area contributed by atoms with E-state index in [1.807, 2.05) is 0 Å². The number of anilines is 2. The van der Waals surface area contributed by atoms with Crippen molar-refractivity contribution < 1.29 is 4.39 Å². The van der Waals surface area contributed by atoms with Crippen LogP contribution in [0.25, 0.3) is 0 Å². The topological polar surface area (TPSA) is 67.1 Å². The summed E-state index contributed by atoms with van der Waals surface area (Å²) < 4.78 is 13.3. The smallest absolute Gasteiger partial charge is 0.222 e. The Balaban J connectivity index is 2.24. The Morgan fingerprint density at radius 3 is 2.83 bits per heavy atom. The molecule has 6 heteroatoms. The van der Waals surface area contributed by atoms with Crippen LogP contribution in [0.3, 0.4) is 0 Å². The summed E-state index contributed by atoms with van der Waals surface area (Å²) in [6.45, 7) is 6.04. The summed E-state index contributed by atoms with van der Waals surface area (Å²) in [5.41, 5.74) is 5.40. The summed E-state index contributed by atoms with van der Waals surface area (Å²) in [5.74, 6) is -0.207. The van der Waals surface area contributed by atoms with E-state index in [-0.39, 0.29) is 11.8 Å². The van der Waals surface area contributed by atoms with E-state index in [2.05, 4.69) is 41.1 Å². The largest absolute Gasteiger partial charge is 0.368 e. The van der Waals surface area contributed by atoms with Crippen LogP contribution in [0.5, 0.6) is 0 Å². The highest BCUT2D eigenvalue weighted by atomic mass is 19.1. The molecule has 0 unspecified atom stereocenters. The molecular formula is C12H22FN5. The summed E-state index contributed by atoms with van der Waals surface area (Å²) in [7, 11) is 2.10. The molecule has 0 aliphatic rings. The molecule has 3 N–H and O–H groups in total. The molecule has 0 spiro atoms. The average Bonchev–Trinajstić information content (AvgIpc) is 2.32. The van der Waals surface area contributed by atoms with Gasteiger partial charge in [-0.3, -0.25) is 0 Å². The maximum absolute atomic E-state index is 13.3. The highest BCUT2D eigenvalue weighted by Gasteiger charge is 2.05. The van der Waals surface area contributed by atoms with E-state index in [1.54, 1.807) is 0 Å². The van der Waals surface area contributed by atoms with Crippen LogP contribution >= 0.6 is 0 Å². The van der Waals surface area contributed by atoms with Crippen molar-refractivity contribution in [3.8, 4) is 0 Å². The van der Waals surface area contributed by atoms with Gasteiger partial charge in [0.25, 0.3) is 0 Å².